The number of benzene rings is 1. The van der Waals surface area contributed by atoms with Crippen LogP contribution in [0.5, 0.6) is 5.75 Å². The number of ether oxygens (including phenoxy) is 1. The molecular weight excluding hydrogens is 348 g/mol. The predicted octanol–water partition coefficient (Wildman–Crippen LogP) is 1.20. The van der Waals surface area contributed by atoms with E-state index in [-0.39, 0.29) is 12.5 Å². The molecule has 1 aromatic carbocycles. The van der Waals surface area contributed by atoms with Crippen molar-refractivity contribution in [3.05, 3.63) is 29.3 Å². The van der Waals surface area contributed by atoms with Gasteiger partial charge in [-0.1, -0.05) is 38.8 Å². The monoisotopic (exact) mass is 375 g/mol. The van der Waals surface area contributed by atoms with Crippen LogP contribution in [-0.4, -0.2) is 24.4 Å². The highest BCUT2D eigenvalue weighted by atomic mass is 16.5. The molecule has 27 heavy (non-hydrogen) atoms. The minimum atomic E-state index is -1.22. The van der Waals surface area contributed by atoms with E-state index >= 15 is 0 Å². The van der Waals surface area contributed by atoms with Gasteiger partial charge in [-0.2, -0.15) is 0 Å². The van der Waals surface area contributed by atoms with Crippen LogP contribution in [0.25, 0.3) is 0 Å². The molecule has 7 heteroatoms. The highest BCUT2D eigenvalue weighted by molar-refractivity contribution is 5.87. The molecular formula is C20H27N2O5-. The van der Waals surface area contributed by atoms with Crippen molar-refractivity contribution >= 4 is 17.8 Å². The predicted molar refractivity (Wildman–Crippen MR) is 97.5 cm³/mol. The maximum Gasteiger partial charge on any atom is 0.276 e. The highest BCUT2D eigenvalue weighted by Crippen LogP contribution is 2.30. The van der Waals surface area contributed by atoms with E-state index in [1.807, 2.05) is 39.0 Å². The topological polar surface area (TPSA) is 108 Å². The average molecular weight is 375 g/mol. The third-order valence-electron chi connectivity index (χ3n) is 4.88. The van der Waals surface area contributed by atoms with Crippen molar-refractivity contribution in [2.75, 3.05) is 6.61 Å². The standard InChI is InChI=1S/C20H28N2O5/c1-12(2)14-9-8-13(3)10-17(14)27-11-18(23)21-22-19(24)15-6-4-5-7-16(15)20(25)26/h8-10,12,15-16H,4-7,11H2,1-3H3,(H,21,23)(H,22,24)(H,25,26)/p-1/t15-,16+/m1/s1. The molecule has 1 fully saturated rings. The fraction of sp³-hybridized carbons (Fsp3) is 0.550. The molecule has 0 unspecified atom stereocenters. The average Bonchev–Trinajstić information content (AvgIpc) is 2.64. The van der Waals surface area contributed by atoms with E-state index in [2.05, 4.69) is 10.9 Å². The molecule has 148 valence electrons. The summed E-state index contributed by atoms with van der Waals surface area (Å²) in [6, 6.07) is 5.83. The number of amides is 2. The van der Waals surface area contributed by atoms with Gasteiger partial charge < -0.3 is 14.6 Å². The highest BCUT2D eigenvalue weighted by Gasteiger charge is 2.31. The van der Waals surface area contributed by atoms with Gasteiger partial charge in [0.2, 0.25) is 5.91 Å². The van der Waals surface area contributed by atoms with Crippen molar-refractivity contribution in [3.63, 3.8) is 0 Å². The van der Waals surface area contributed by atoms with Crippen LogP contribution >= 0.6 is 0 Å². The van der Waals surface area contributed by atoms with Crippen LogP contribution in [0.4, 0.5) is 0 Å². The number of hydrazine groups is 1. The fourth-order valence-electron chi connectivity index (χ4n) is 3.37. The number of aryl methyl sites for hydroxylation is 1. The van der Waals surface area contributed by atoms with Crippen LogP contribution in [-0.2, 0) is 14.4 Å². The first-order valence-corrected chi connectivity index (χ1v) is 9.32. The van der Waals surface area contributed by atoms with Gasteiger partial charge in [-0.15, -0.1) is 0 Å². The molecule has 2 N–H and O–H groups in total. The minimum Gasteiger partial charge on any atom is -0.550 e. The van der Waals surface area contributed by atoms with Gasteiger partial charge in [-0.25, -0.2) is 0 Å². The first-order chi connectivity index (χ1) is 12.8. The van der Waals surface area contributed by atoms with Gasteiger partial charge in [0.15, 0.2) is 6.61 Å². The summed E-state index contributed by atoms with van der Waals surface area (Å²) >= 11 is 0. The van der Waals surface area contributed by atoms with Gasteiger partial charge in [-0.05, 0) is 42.9 Å². The molecule has 0 saturated heterocycles. The third kappa shape index (κ3) is 5.70. The summed E-state index contributed by atoms with van der Waals surface area (Å²) < 4.78 is 5.61. The van der Waals surface area contributed by atoms with E-state index in [4.69, 9.17) is 4.74 Å². The summed E-state index contributed by atoms with van der Waals surface area (Å²) in [5.74, 6) is -2.85. The van der Waals surface area contributed by atoms with Crippen LogP contribution in [0.3, 0.4) is 0 Å². The molecule has 0 aromatic heterocycles. The molecule has 1 aromatic rings. The van der Waals surface area contributed by atoms with E-state index in [9.17, 15) is 19.5 Å². The third-order valence-corrected chi connectivity index (χ3v) is 4.88. The van der Waals surface area contributed by atoms with Crippen molar-refractivity contribution in [1.29, 1.82) is 0 Å². The van der Waals surface area contributed by atoms with Gasteiger partial charge >= 0.3 is 0 Å². The Balaban J connectivity index is 1.87. The summed E-state index contributed by atoms with van der Waals surface area (Å²) in [6.07, 6.45) is 2.43. The molecule has 2 amide bonds. The maximum atomic E-state index is 12.2. The zero-order chi connectivity index (χ0) is 20.0. The number of hydrogen-bond acceptors (Lipinski definition) is 5. The Morgan fingerprint density at radius 2 is 1.81 bits per heavy atom. The summed E-state index contributed by atoms with van der Waals surface area (Å²) in [5.41, 5.74) is 6.63. The largest absolute Gasteiger partial charge is 0.550 e. The van der Waals surface area contributed by atoms with E-state index in [0.29, 0.717) is 18.6 Å². The maximum absolute atomic E-state index is 12.2. The normalized spacial score (nSPS) is 19.4. The van der Waals surface area contributed by atoms with Gasteiger partial charge in [0.1, 0.15) is 5.75 Å². The Bertz CT molecular complexity index is 702. The van der Waals surface area contributed by atoms with Crippen LogP contribution in [0.15, 0.2) is 18.2 Å². The van der Waals surface area contributed by atoms with Gasteiger partial charge in [-0.3, -0.25) is 20.4 Å². The summed E-state index contributed by atoms with van der Waals surface area (Å²) in [5, 5.41) is 11.2. The van der Waals surface area contributed by atoms with Gasteiger partial charge in [0.25, 0.3) is 5.91 Å². The fourth-order valence-corrected chi connectivity index (χ4v) is 3.37. The van der Waals surface area contributed by atoms with Crippen molar-refractivity contribution in [2.24, 2.45) is 11.8 Å². The molecule has 0 heterocycles. The lowest BCUT2D eigenvalue weighted by Gasteiger charge is -2.31. The van der Waals surface area contributed by atoms with Gasteiger partial charge in [0.05, 0.1) is 0 Å². The van der Waals surface area contributed by atoms with Crippen molar-refractivity contribution < 1.29 is 24.2 Å². The molecule has 0 spiro atoms. The Labute approximate surface area is 159 Å². The summed E-state index contributed by atoms with van der Waals surface area (Å²) in [4.78, 5) is 35.4. The molecule has 0 radical (unpaired) electrons. The second-order valence-corrected chi connectivity index (χ2v) is 7.34. The lowest BCUT2D eigenvalue weighted by Crippen LogP contribution is -2.50. The van der Waals surface area contributed by atoms with E-state index in [1.54, 1.807) is 0 Å². The van der Waals surface area contributed by atoms with Crippen molar-refractivity contribution in [3.8, 4) is 5.75 Å². The number of carbonyl (C=O) groups excluding carboxylic acids is 3. The number of carboxylic acid groups (broad SMARTS) is 1. The van der Waals surface area contributed by atoms with E-state index in [1.165, 1.54) is 0 Å². The number of carbonyl (C=O) groups is 3. The molecule has 1 aliphatic carbocycles. The Kier molecular flexibility index (Phi) is 7.21. The van der Waals surface area contributed by atoms with Crippen LogP contribution in [0.2, 0.25) is 0 Å². The SMILES string of the molecule is Cc1ccc(C(C)C)c(OCC(=O)NNC(=O)[C@@H]2CCCC[C@@H]2C(=O)[O-])c1. The van der Waals surface area contributed by atoms with Gasteiger partial charge in [0, 0.05) is 17.8 Å². The Morgan fingerprint density at radius 1 is 1.15 bits per heavy atom. The number of hydrogen-bond donors (Lipinski definition) is 2. The number of aliphatic carboxylic acids is 1. The lowest BCUT2D eigenvalue weighted by molar-refractivity contribution is -0.314. The Hall–Kier alpha value is -2.57. The van der Waals surface area contributed by atoms with E-state index in [0.717, 1.165) is 24.0 Å². The first-order valence-electron chi connectivity index (χ1n) is 9.32. The lowest BCUT2D eigenvalue weighted by atomic mass is 9.79. The molecule has 2 rings (SSSR count). The van der Waals surface area contributed by atoms with E-state index < -0.39 is 29.6 Å². The molecule has 1 saturated carbocycles. The molecule has 1 aliphatic rings. The number of rotatable bonds is 6. The zero-order valence-corrected chi connectivity index (χ0v) is 16.0. The molecule has 0 bridgehead atoms. The second kappa shape index (κ2) is 9.39. The van der Waals surface area contributed by atoms with Crippen molar-refractivity contribution in [1.82, 2.24) is 10.9 Å². The van der Waals surface area contributed by atoms with Crippen molar-refractivity contribution in [2.45, 2.75) is 52.4 Å². The summed E-state index contributed by atoms with van der Waals surface area (Å²) in [6.45, 7) is 5.76. The quantitative estimate of drug-likeness (QED) is 0.727. The number of carboxylic acids is 1. The zero-order valence-electron chi connectivity index (χ0n) is 16.0. The first kappa shape index (κ1) is 20.7. The minimum absolute atomic E-state index is 0.247. The summed E-state index contributed by atoms with van der Waals surface area (Å²) in [7, 11) is 0. The van der Waals surface area contributed by atoms with Crippen LogP contribution < -0.4 is 20.7 Å². The molecule has 2 atom stereocenters. The second-order valence-electron chi connectivity index (χ2n) is 7.34. The van der Waals surface area contributed by atoms with Crippen LogP contribution in [0.1, 0.15) is 56.6 Å². The molecule has 7 nitrogen and oxygen atoms in total. The molecule has 0 aliphatic heterocycles. The Morgan fingerprint density at radius 3 is 2.44 bits per heavy atom. The number of nitrogens with one attached hydrogen (secondary N) is 2. The van der Waals surface area contributed by atoms with Crippen LogP contribution in [0, 0.1) is 18.8 Å². The smallest absolute Gasteiger partial charge is 0.276 e.